The topological polar surface area (TPSA) is 78.7 Å². The lowest BCUT2D eigenvalue weighted by Crippen LogP contribution is -2.36. The van der Waals surface area contributed by atoms with Gasteiger partial charge in [-0.25, -0.2) is 4.98 Å². The molecule has 7 heteroatoms. The number of nitrogens with zero attached hydrogens (tertiary/aromatic N) is 4. The first kappa shape index (κ1) is 17.2. The van der Waals surface area contributed by atoms with Crippen molar-refractivity contribution in [3.05, 3.63) is 47.7 Å². The maximum absolute atomic E-state index is 12.8. The fraction of sp³-hybridized carbons (Fsp3) is 0.350. The molecule has 1 fully saturated rings. The van der Waals surface area contributed by atoms with Crippen LogP contribution in [-0.2, 0) is 11.2 Å². The lowest BCUT2D eigenvalue weighted by molar-refractivity contribution is -0.130. The number of rotatable bonds is 3. The standard InChI is InChI=1S/C20H20N4O3/c21-13-16-3-1-6-22-20(16)24-8-2-7-23(9-10-24)19(25)12-15-4-5-17-18(11-15)27-14-26-17/h1,3-6,11H,2,7-10,12,14H2. The second-order valence-electron chi connectivity index (χ2n) is 6.57. The van der Waals surface area contributed by atoms with Crippen molar-refractivity contribution in [2.45, 2.75) is 12.8 Å². The van der Waals surface area contributed by atoms with Crippen LogP contribution in [0.5, 0.6) is 11.5 Å². The third kappa shape index (κ3) is 3.65. The van der Waals surface area contributed by atoms with E-state index in [4.69, 9.17) is 9.47 Å². The average Bonchev–Trinajstić information content (AvgIpc) is 3.02. The van der Waals surface area contributed by atoms with E-state index in [1.165, 1.54) is 0 Å². The minimum atomic E-state index is 0.0947. The lowest BCUT2D eigenvalue weighted by atomic mass is 10.1. The predicted molar refractivity (Wildman–Crippen MR) is 98.6 cm³/mol. The largest absolute Gasteiger partial charge is 0.454 e. The molecule has 1 saturated heterocycles. The van der Waals surface area contributed by atoms with E-state index in [0.29, 0.717) is 43.2 Å². The van der Waals surface area contributed by atoms with Gasteiger partial charge in [0.2, 0.25) is 12.7 Å². The summed E-state index contributed by atoms with van der Waals surface area (Å²) in [4.78, 5) is 21.1. The Bertz CT molecular complexity index is 893. The molecule has 2 aromatic rings. The first-order valence-corrected chi connectivity index (χ1v) is 9.01. The number of amides is 1. The number of pyridine rings is 1. The summed E-state index contributed by atoms with van der Waals surface area (Å²) in [5, 5.41) is 9.29. The number of benzene rings is 1. The van der Waals surface area contributed by atoms with Crippen LogP contribution in [0.15, 0.2) is 36.5 Å². The number of fused-ring (bicyclic) bond motifs is 1. The van der Waals surface area contributed by atoms with Gasteiger partial charge in [-0.1, -0.05) is 6.07 Å². The summed E-state index contributed by atoms with van der Waals surface area (Å²) in [6, 6.07) is 11.4. The number of carbonyl (C=O) groups excluding carboxylic acids is 1. The molecule has 0 N–H and O–H groups in total. The normalized spacial score (nSPS) is 16.0. The molecule has 0 radical (unpaired) electrons. The average molecular weight is 364 g/mol. The summed E-state index contributed by atoms with van der Waals surface area (Å²) in [5.74, 6) is 2.21. The summed E-state index contributed by atoms with van der Waals surface area (Å²) in [5.41, 5.74) is 1.49. The van der Waals surface area contributed by atoms with Crippen molar-refractivity contribution in [1.82, 2.24) is 9.88 Å². The number of aromatic nitrogens is 1. The number of ether oxygens (including phenoxy) is 2. The van der Waals surface area contributed by atoms with Crippen molar-refractivity contribution < 1.29 is 14.3 Å². The highest BCUT2D eigenvalue weighted by Crippen LogP contribution is 2.32. The summed E-state index contributed by atoms with van der Waals surface area (Å²) in [6.07, 6.45) is 2.88. The molecule has 4 rings (SSSR count). The summed E-state index contributed by atoms with van der Waals surface area (Å²) in [7, 11) is 0. The second-order valence-corrected chi connectivity index (χ2v) is 6.57. The quantitative estimate of drug-likeness (QED) is 0.828. The van der Waals surface area contributed by atoms with E-state index in [2.05, 4.69) is 16.0 Å². The molecule has 0 atom stereocenters. The molecule has 7 nitrogen and oxygen atoms in total. The van der Waals surface area contributed by atoms with Crippen LogP contribution in [0.1, 0.15) is 17.5 Å². The maximum Gasteiger partial charge on any atom is 0.231 e. The minimum Gasteiger partial charge on any atom is -0.454 e. The Kier molecular flexibility index (Phi) is 4.79. The number of hydrogen-bond donors (Lipinski definition) is 0. The van der Waals surface area contributed by atoms with Crippen LogP contribution >= 0.6 is 0 Å². The van der Waals surface area contributed by atoms with Crippen molar-refractivity contribution >= 4 is 11.7 Å². The molecule has 3 heterocycles. The number of nitriles is 1. The SMILES string of the molecule is N#Cc1cccnc1N1CCCN(C(=O)Cc2ccc3c(c2)OCO3)CC1. The Morgan fingerprint density at radius 2 is 2.04 bits per heavy atom. The van der Waals surface area contributed by atoms with Gasteiger partial charge in [0, 0.05) is 32.4 Å². The van der Waals surface area contributed by atoms with Crippen molar-refractivity contribution in [2.24, 2.45) is 0 Å². The van der Waals surface area contributed by atoms with Gasteiger partial charge in [0.25, 0.3) is 0 Å². The highest BCUT2D eigenvalue weighted by atomic mass is 16.7. The summed E-state index contributed by atoms with van der Waals surface area (Å²) >= 11 is 0. The van der Waals surface area contributed by atoms with Crippen LogP contribution in [0.3, 0.4) is 0 Å². The van der Waals surface area contributed by atoms with Gasteiger partial charge in [-0.05, 0) is 36.2 Å². The Morgan fingerprint density at radius 3 is 2.93 bits per heavy atom. The Balaban J connectivity index is 1.40. The zero-order chi connectivity index (χ0) is 18.6. The van der Waals surface area contributed by atoms with E-state index < -0.39 is 0 Å². The molecule has 0 saturated carbocycles. The zero-order valence-corrected chi connectivity index (χ0v) is 14.9. The minimum absolute atomic E-state index is 0.0947. The van der Waals surface area contributed by atoms with E-state index in [-0.39, 0.29) is 12.7 Å². The van der Waals surface area contributed by atoms with Gasteiger partial charge in [-0.3, -0.25) is 4.79 Å². The smallest absolute Gasteiger partial charge is 0.231 e. The van der Waals surface area contributed by atoms with Gasteiger partial charge >= 0.3 is 0 Å². The summed E-state index contributed by atoms with van der Waals surface area (Å²) in [6.45, 7) is 2.99. The van der Waals surface area contributed by atoms with Crippen LogP contribution in [0.4, 0.5) is 5.82 Å². The van der Waals surface area contributed by atoms with Gasteiger partial charge in [0.05, 0.1) is 12.0 Å². The Hall–Kier alpha value is -3.27. The van der Waals surface area contributed by atoms with Gasteiger partial charge in [-0.2, -0.15) is 5.26 Å². The molecule has 0 spiro atoms. The molecule has 0 unspecified atom stereocenters. The van der Waals surface area contributed by atoms with E-state index in [1.54, 1.807) is 18.3 Å². The maximum atomic E-state index is 12.8. The molecule has 1 aromatic heterocycles. The third-order valence-electron chi connectivity index (χ3n) is 4.85. The fourth-order valence-corrected chi connectivity index (χ4v) is 3.45. The highest BCUT2D eigenvalue weighted by molar-refractivity contribution is 5.79. The molecule has 2 aliphatic rings. The molecule has 1 aromatic carbocycles. The van der Waals surface area contributed by atoms with E-state index in [9.17, 15) is 10.1 Å². The lowest BCUT2D eigenvalue weighted by Gasteiger charge is -2.23. The van der Waals surface area contributed by atoms with Gasteiger partial charge in [0.1, 0.15) is 11.9 Å². The predicted octanol–water partition coefficient (Wildman–Crippen LogP) is 1.96. The monoisotopic (exact) mass is 364 g/mol. The van der Waals surface area contributed by atoms with E-state index >= 15 is 0 Å². The number of anilines is 1. The molecule has 138 valence electrons. The molecule has 1 amide bonds. The number of carbonyl (C=O) groups is 1. The van der Waals surface area contributed by atoms with Crippen LogP contribution < -0.4 is 14.4 Å². The van der Waals surface area contributed by atoms with E-state index in [0.717, 1.165) is 24.3 Å². The summed E-state index contributed by atoms with van der Waals surface area (Å²) < 4.78 is 10.7. The van der Waals surface area contributed by atoms with Crippen molar-refractivity contribution in [2.75, 3.05) is 37.9 Å². The van der Waals surface area contributed by atoms with Crippen LogP contribution in [0.2, 0.25) is 0 Å². The highest BCUT2D eigenvalue weighted by Gasteiger charge is 2.22. The fourth-order valence-electron chi connectivity index (χ4n) is 3.45. The van der Waals surface area contributed by atoms with Crippen molar-refractivity contribution in [3.8, 4) is 17.6 Å². The Labute approximate surface area is 157 Å². The number of hydrogen-bond acceptors (Lipinski definition) is 6. The molecular formula is C20H20N4O3. The van der Waals surface area contributed by atoms with Gasteiger partial charge < -0.3 is 19.3 Å². The zero-order valence-electron chi connectivity index (χ0n) is 14.9. The van der Waals surface area contributed by atoms with E-state index in [1.807, 2.05) is 23.1 Å². The first-order chi connectivity index (χ1) is 13.2. The van der Waals surface area contributed by atoms with Crippen LogP contribution in [0, 0.1) is 11.3 Å². The molecule has 2 aliphatic heterocycles. The molecule has 27 heavy (non-hydrogen) atoms. The Morgan fingerprint density at radius 1 is 1.15 bits per heavy atom. The van der Waals surface area contributed by atoms with Crippen LogP contribution in [-0.4, -0.2) is 48.8 Å². The van der Waals surface area contributed by atoms with Gasteiger partial charge in [0.15, 0.2) is 11.5 Å². The molecule has 0 aliphatic carbocycles. The molecular weight excluding hydrogens is 344 g/mol. The first-order valence-electron chi connectivity index (χ1n) is 9.01. The van der Waals surface area contributed by atoms with Crippen LogP contribution in [0.25, 0.3) is 0 Å². The second kappa shape index (κ2) is 7.54. The van der Waals surface area contributed by atoms with Gasteiger partial charge in [-0.15, -0.1) is 0 Å². The molecule has 0 bridgehead atoms. The van der Waals surface area contributed by atoms with Crippen molar-refractivity contribution in [3.63, 3.8) is 0 Å². The third-order valence-corrected chi connectivity index (χ3v) is 4.85. The van der Waals surface area contributed by atoms with Crippen molar-refractivity contribution in [1.29, 1.82) is 5.26 Å².